The van der Waals surface area contributed by atoms with Gasteiger partial charge in [-0.2, -0.15) is 0 Å². The van der Waals surface area contributed by atoms with Gasteiger partial charge in [0.25, 0.3) is 11.6 Å². The molecular weight excluding hydrogens is 316 g/mol. The molecule has 0 saturated carbocycles. The Morgan fingerprint density at radius 2 is 2.09 bits per heavy atom. The van der Waals surface area contributed by atoms with E-state index in [1.807, 2.05) is 24.5 Å². The normalized spacial score (nSPS) is 10.2. The van der Waals surface area contributed by atoms with E-state index in [9.17, 15) is 14.9 Å². The van der Waals surface area contributed by atoms with Gasteiger partial charge in [0.15, 0.2) is 6.61 Å². The maximum absolute atomic E-state index is 11.9. The number of nitro groups is 1. The number of hydrogen-bond donors (Lipinski definition) is 1. The lowest BCUT2D eigenvalue weighted by Gasteiger charge is -2.09. The minimum Gasteiger partial charge on any atom is -0.484 e. The number of carbonyl (C=O) groups is 1. The van der Waals surface area contributed by atoms with Gasteiger partial charge in [0, 0.05) is 22.2 Å². The fourth-order valence-corrected chi connectivity index (χ4v) is 2.43. The van der Waals surface area contributed by atoms with E-state index in [2.05, 4.69) is 5.32 Å². The Kier molecular flexibility index (Phi) is 5.59. The van der Waals surface area contributed by atoms with E-state index in [0.29, 0.717) is 17.0 Å². The molecule has 6 nitrogen and oxygen atoms in total. The summed E-state index contributed by atoms with van der Waals surface area (Å²) in [5.74, 6) is 0.125. The summed E-state index contributed by atoms with van der Waals surface area (Å²) in [6, 6.07) is 11.9. The Morgan fingerprint density at radius 3 is 2.74 bits per heavy atom. The van der Waals surface area contributed by atoms with Gasteiger partial charge in [-0.3, -0.25) is 14.9 Å². The molecule has 23 heavy (non-hydrogen) atoms. The van der Waals surface area contributed by atoms with Crippen molar-refractivity contribution in [3.63, 3.8) is 0 Å². The van der Waals surface area contributed by atoms with Crippen molar-refractivity contribution in [2.45, 2.75) is 11.8 Å². The number of nitrogens with zero attached hydrogens (tertiary/aromatic N) is 1. The minimum atomic E-state index is -0.454. The average molecular weight is 332 g/mol. The van der Waals surface area contributed by atoms with Gasteiger partial charge >= 0.3 is 0 Å². The highest BCUT2D eigenvalue weighted by Crippen LogP contribution is 2.23. The van der Waals surface area contributed by atoms with Crippen molar-refractivity contribution >= 4 is 29.0 Å². The lowest BCUT2D eigenvalue weighted by molar-refractivity contribution is -0.385. The monoisotopic (exact) mass is 332 g/mol. The van der Waals surface area contributed by atoms with Gasteiger partial charge in [-0.15, -0.1) is 11.8 Å². The highest BCUT2D eigenvalue weighted by Gasteiger charge is 2.11. The summed E-state index contributed by atoms with van der Waals surface area (Å²) in [7, 11) is 0. The van der Waals surface area contributed by atoms with Crippen LogP contribution in [-0.4, -0.2) is 23.7 Å². The number of ether oxygens (including phenoxy) is 1. The summed E-state index contributed by atoms with van der Waals surface area (Å²) in [4.78, 5) is 23.2. The van der Waals surface area contributed by atoms with E-state index in [-0.39, 0.29) is 18.2 Å². The van der Waals surface area contributed by atoms with Gasteiger partial charge in [-0.1, -0.05) is 6.07 Å². The van der Waals surface area contributed by atoms with Crippen LogP contribution in [0.3, 0.4) is 0 Å². The zero-order valence-corrected chi connectivity index (χ0v) is 13.6. The largest absolute Gasteiger partial charge is 0.484 e. The molecule has 2 aromatic rings. The number of amides is 1. The Morgan fingerprint density at radius 1 is 1.30 bits per heavy atom. The predicted octanol–water partition coefficient (Wildman–Crippen LogP) is 3.64. The third-order valence-corrected chi connectivity index (χ3v) is 3.81. The number of rotatable bonds is 6. The van der Waals surface area contributed by atoms with Crippen LogP contribution in [0.1, 0.15) is 5.56 Å². The average Bonchev–Trinajstić information content (AvgIpc) is 2.53. The maximum Gasteiger partial charge on any atom is 0.272 e. The van der Waals surface area contributed by atoms with E-state index in [1.165, 1.54) is 12.1 Å². The molecule has 0 aliphatic carbocycles. The van der Waals surface area contributed by atoms with Gasteiger partial charge in [0.1, 0.15) is 5.75 Å². The van der Waals surface area contributed by atoms with E-state index in [0.717, 1.165) is 4.90 Å². The molecule has 0 spiro atoms. The van der Waals surface area contributed by atoms with Crippen molar-refractivity contribution in [1.82, 2.24) is 0 Å². The summed E-state index contributed by atoms with van der Waals surface area (Å²) in [6.45, 7) is 1.46. The Bertz CT molecular complexity index is 734. The zero-order chi connectivity index (χ0) is 16.8. The number of aryl methyl sites for hydroxylation is 1. The van der Waals surface area contributed by atoms with Crippen molar-refractivity contribution in [3.8, 4) is 5.75 Å². The van der Waals surface area contributed by atoms with Crippen LogP contribution in [0.2, 0.25) is 0 Å². The third kappa shape index (κ3) is 4.72. The second kappa shape index (κ2) is 7.64. The summed E-state index contributed by atoms with van der Waals surface area (Å²) >= 11 is 1.59. The molecule has 0 aromatic heterocycles. The van der Waals surface area contributed by atoms with Crippen LogP contribution in [-0.2, 0) is 4.79 Å². The molecule has 7 heteroatoms. The van der Waals surface area contributed by atoms with Gasteiger partial charge < -0.3 is 10.1 Å². The minimum absolute atomic E-state index is 0.0238. The van der Waals surface area contributed by atoms with Crippen LogP contribution in [0, 0.1) is 17.0 Å². The van der Waals surface area contributed by atoms with Crippen molar-refractivity contribution in [1.29, 1.82) is 0 Å². The van der Waals surface area contributed by atoms with E-state index >= 15 is 0 Å². The number of nitrogens with one attached hydrogen (secondary N) is 1. The van der Waals surface area contributed by atoms with Crippen LogP contribution in [0.4, 0.5) is 11.4 Å². The Hall–Kier alpha value is -2.54. The zero-order valence-electron chi connectivity index (χ0n) is 12.7. The molecule has 1 N–H and O–H groups in total. The molecular formula is C16H16N2O4S. The topological polar surface area (TPSA) is 81.5 Å². The van der Waals surface area contributed by atoms with Crippen molar-refractivity contribution < 1.29 is 14.5 Å². The van der Waals surface area contributed by atoms with Crippen LogP contribution in [0.25, 0.3) is 0 Å². The van der Waals surface area contributed by atoms with Crippen LogP contribution in [0.5, 0.6) is 5.75 Å². The number of anilines is 1. The molecule has 0 bridgehead atoms. The second-order valence-electron chi connectivity index (χ2n) is 4.77. The van der Waals surface area contributed by atoms with Crippen molar-refractivity contribution in [3.05, 3.63) is 58.1 Å². The first kappa shape index (κ1) is 16.8. The molecule has 0 radical (unpaired) electrons. The molecule has 2 aromatic carbocycles. The lowest BCUT2D eigenvalue weighted by Crippen LogP contribution is -2.20. The molecule has 0 atom stereocenters. The van der Waals surface area contributed by atoms with Gasteiger partial charge in [-0.25, -0.2) is 0 Å². The van der Waals surface area contributed by atoms with Gasteiger partial charge in [0.2, 0.25) is 0 Å². The molecule has 0 aliphatic rings. The number of benzene rings is 2. The Labute approximate surface area is 138 Å². The number of carbonyl (C=O) groups excluding carboxylic acids is 1. The highest BCUT2D eigenvalue weighted by molar-refractivity contribution is 7.98. The van der Waals surface area contributed by atoms with Gasteiger partial charge in [-0.05, 0) is 43.5 Å². The standard InChI is InChI=1S/C16H16N2O4S/c1-11-8-13(6-7-15(11)18(20)21)22-10-16(19)17-12-4-3-5-14(9-12)23-2/h3-9H,10H2,1-2H3,(H,17,19). The first-order valence-electron chi connectivity index (χ1n) is 6.81. The first-order valence-corrected chi connectivity index (χ1v) is 8.04. The summed E-state index contributed by atoms with van der Waals surface area (Å²) in [5, 5.41) is 13.5. The predicted molar refractivity (Wildman–Crippen MR) is 90.2 cm³/mol. The molecule has 0 unspecified atom stereocenters. The van der Waals surface area contributed by atoms with Crippen LogP contribution >= 0.6 is 11.8 Å². The summed E-state index contributed by atoms with van der Waals surface area (Å²) < 4.78 is 5.37. The highest BCUT2D eigenvalue weighted by atomic mass is 32.2. The van der Waals surface area contributed by atoms with Crippen molar-refractivity contribution in [2.24, 2.45) is 0 Å². The van der Waals surface area contributed by atoms with Crippen LogP contribution in [0.15, 0.2) is 47.4 Å². The van der Waals surface area contributed by atoms with Crippen molar-refractivity contribution in [2.75, 3.05) is 18.2 Å². The number of nitro benzene ring substituents is 1. The lowest BCUT2D eigenvalue weighted by atomic mass is 10.2. The summed E-state index contributed by atoms with van der Waals surface area (Å²) in [5.41, 5.74) is 1.21. The maximum atomic E-state index is 11.9. The van der Waals surface area contributed by atoms with Crippen LogP contribution < -0.4 is 10.1 Å². The Balaban J connectivity index is 1.93. The SMILES string of the molecule is CSc1cccc(NC(=O)COc2ccc([N+](=O)[O-])c(C)c2)c1. The van der Waals surface area contributed by atoms with E-state index < -0.39 is 4.92 Å². The number of hydrogen-bond acceptors (Lipinski definition) is 5. The second-order valence-corrected chi connectivity index (χ2v) is 5.65. The number of thioether (sulfide) groups is 1. The fourth-order valence-electron chi connectivity index (χ4n) is 1.97. The molecule has 0 heterocycles. The molecule has 2 rings (SSSR count). The van der Waals surface area contributed by atoms with E-state index in [1.54, 1.807) is 30.8 Å². The quantitative estimate of drug-likeness (QED) is 0.496. The first-order chi connectivity index (χ1) is 11.0. The molecule has 1 amide bonds. The molecule has 120 valence electrons. The van der Waals surface area contributed by atoms with E-state index in [4.69, 9.17) is 4.74 Å². The molecule has 0 saturated heterocycles. The fraction of sp³-hybridized carbons (Fsp3) is 0.188. The van der Waals surface area contributed by atoms with Gasteiger partial charge in [0.05, 0.1) is 4.92 Å². The third-order valence-electron chi connectivity index (χ3n) is 3.09. The smallest absolute Gasteiger partial charge is 0.272 e. The molecule has 0 aliphatic heterocycles. The molecule has 0 fully saturated rings. The summed E-state index contributed by atoms with van der Waals surface area (Å²) in [6.07, 6.45) is 1.96.